The molecule has 0 bridgehead atoms. The van der Waals surface area contributed by atoms with Crippen molar-refractivity contribution in [2.45, 2.75) is 26.2 Å². The van der Waals surface area contributed by atoms with Gasteiger partial charge in [-0.1, -0.05) is 0 Å². The quantitative estimate of drug-likeness (QED) is 0.446. The maximum absolute atomic E-state index is 4.97. The molecule has 18 heavy (non-hydrogen) atoms. The van der Waals surface area contributed by atoms with Gasteiger partial charge >= 0.3 is 117 Å². The Balaban J connectivity index is 2.66. The number of benzene rings is 1. The van der Waals surface area contributed by atoms with Crippen molar-refractivity contribution >= 4 is 19.4 Å². The minimum atomic E-state index is 0.315. The zero-order valence-electron chi connectivity index (χ0n) is 11.1. The van der Waals surface area contributed by atoms with Crippen LogP contribution in [0.2, 0.25) is 0 Å². The second-order valence-electron chi connectivity index (χ2n) is 3.86. The first-order valence-electron chi connectivity index (χ1n) is 6.27. The summed E-state index contributed by atoms with van der Waals surface area (Å²) in [7, 11) is 1.68. The average molecular weight is 307 g/mol. The summed E-state index contributed by atoms with van der Waals surface area (Å²) in [6.45, 7) is 2.72. The fourth-order valence-corrected chi connectivity index (χ4v) is 3.19. The molecule has 96 valence electrons. The summed E-state index contributed by atoms with van der Waals surface area (Å²) in [6, 6.07) is 10.6. The van der Waals surface area contributed by atoms with Crippen LogP contribution in [0.25, 0.3) is 0 Å². The van der Waals surface area contributed by atoms with Gasteiger partial charge in [0, 0.05) is 0 Å². The predicted molar refractivity (Wildman–Crippen MR) is 79.1 cm³/mol. The molecule has 1 rings (SSSR count). The van der Waals surface area contributed by atoms with Crippen LogP contribution >= 0.6 is 0 Å². The van der Waals surface area contributed by atoms with Crippen molar-refractivity contribution in [2.75, 3.05) is 13.7 Å². The number of hydrogen-bond donors (Lipinski definition) is 0. The van der Waals surface area contributed by atoms with Gasteiger partial charge in [0.1, 0.15) is 0 Å². The molecular weight excluding hydrogens is 287 g/mol. The molecule has 1 nitrogen and oxygen atoms in total. The second kappa shape index (κ2) is 9.97. The Bertz CT molecular complexity index is 412. The monoisotopic (exact) mass is 308 g/mol. The summed E-state index contributed by atoms with van der Waals surface area (Å²) in [6.07, 6.45) is 5.88. The molecule has 0 aliphatic rings. The molecule has 1 aromatic rings. The predicted octanol–water partition coefficient (Wildman–Crippen LogP) is 2.74. The third kappa shape index (κ3) is 6.67. The number of unbranched alkanes of at least 4 members (excludes halogenated alkanes) is 2. The minimum absolute atomic E-state index is 0.315. The van der Waals surface area contributed by atoms with Crippen LogP contribution in [-0.2, 0) is 4.74 Å². The zero-order chi connectivity index (χ0) is 13.1. The van der Waals surface area contributed by atoms with Crippen molar-refractivity contribution in [1.29, 1.82) is 0 Å². The maximum atomic E-state index is 4.97. The molecule has 1 aromatic carbocycles. The Hall–Kier alpha value is -1.00. The van der Waals surface area contributed by atoms with Gasteiger partial charge in [0.15, 0.2) is 0 Å². The van der Waals surface area contributed by atoms with Gasteiger partial charge in [-0.25, -0.2) is 0 Å². The first kappa shape index (κ1) is 15.1. The van der Waals surface area contributed by atoms with E-state index in [0.29, 0.717) is 21.6 Å². The fraction of sp³-hybridized carbons (Fsp3) is 0.375. The van der Waals surface area contributed by atoms with E-state index in [0.717, 1.165) is 6.42 Å². The molecule has 0 aliphatic heterocycles. The van der Waals surface area contributed by atoms with Crippen LogP contribution in [-0.4, -0.2) is 28.7 Å². The van der Waals surface area contributed by atoms with E-state index >= 15 is 0 Å². The summed E-state index contributed by atoms with van der Waals surface area (Å²) in [4.78, 5) is 0. The van der Waals surface area contributed by atoms with Gasteiger partial charge in [0.2, 0.25) is 0 Å². The Labute approximate surface area is 117 Å². The van der Waals surface area contributed by atoms with Crippen molar-refractivity contribution in [1.82, 2.24) is 0 Å². The van der Waals surface area contributed by atoms with Crippen LogP contribution in [0.15, 0.2) is 40.9 Å². The van der Waals surface area contributed by atoms with Gasteiger partial charge in [-0.3, -0.25) is 0 Å². The van der Waals surface area contributed by atoms with Crippen molar-refractivity contribution in [3.05, 3.63) is 40.9 Å². The van der Waals surface area contributed by atoms with Crippen molar-refractivity contribution in [3.8, 4) is 11.8 Å². The standard InChI is InChI=1S/C16H20OSe/c1-3-4-6-10-16(13-9-14-17-2)18-15-11-7-5-8-12-15/h5,7-8,10-12H,3-4,6,14H2,1-2H3/b16-10-. The molecule has 0 spiro atoms. The van der Waals surface area contributed by atoms with Crippen molar-refractivity contribution < 1.29 is 4.74 Å². The molecule has 0 aromatic heterocycles. The molecule has 0 atom stereocenters. The van der Waals surface area contributed by atoms with E-state index in [2.05, 4.69) is 55.2 Å². The number of hydrogen-bond acceptors (Lipinski definition) is 1. The Morgan fingerprint density at radius 2 is 2.11 bits per heavy atom. The summed E-state index contributed by atoms with van der Waals surface area (Å²) in [5.41, 5.74) is 0. The van der Waals surface area contributed by atoms with Crippen LogP contribution < -0.4 is 4.46 Å². The number of ether oxygens (including phenoxy) is 1. The molecule has 0 unspecified atom stereocenters. The molecule has 0 radical (unpaired) electrons. The SMILES string of the molecule is CCCC/C=C(/C#CCOC)[Se]c1ccccc1. The third-order valence-corrected chi connectivity index (χ3v) is 4.38. The third-order valence-electron chi connectivity index (χ3n) is 2.29. The molecule has 0 fully saturated rings. The van der Waals surface area contributed by atoms with Gasteiger partial charge in [-0.15, -0.1) is 0 Å². The molecule has 0 heterocycles. The van der Waals surface area contributed by atoms with Crippen molar-refractivity contribution in [2.24, 2.45) is 0 Å². The molecule has 0 saturated heterocycles. The summed E-state index contributed by atoms with van der Waals surface area (Å²) in [5.74, 6) is 6.30. The first-order valence-corrected chi connectivity index (χ1v) is 7.99. The second-order valence-corrected chi connectivity index (χ2v) is 6.20. The van der Waals surface area contributed by atoms with E-state index in [1.807, 2.05) is 0 Å². The van der Waals surface area contributed by atoms with E-state index in [9.17, 15) is 0 Å². The summed E-state index contributed by atoms with van der Waals surface area (Å²) >= 11 is 0.315. The molecule has 0 N–H and O–H groups in total. The van der Waals surface area contributed by atoms with E-state index in [1.54, 1.807) is 7.11 Å². The summed E-state index contributed by atoms with van der Waals surface area (Å²) < 4.78 is 7.61. The van der Waals surface area contributed by atoms with Gasteiger partial charge in [-0.2, -0.15) is 0 Å². The average Bonchev–Trinajstić information content (AvgIpc) is 2.40. The van der Waals surface area contributed by atoms with Crippen LogP contribution in [0.4, 0.5) is 0 Å². The fourth-order valence-electron chi connectivity index (χ4n) is 1.37. The topological polar surface area (TPSA) is 9.23 Å². The zero-order valence-corrected chi connectivity index (χ0v) is 12.8. The number of rotatable bonds is 6. The normalized spacial score (nSPS) is 10.9. The van der Waals surface area contributed by atoms with Crippen LogP contribution in [0.3, 0.4) is 0 Å². The Kier molecular flexibility index (Phi) is 8.34. The van der Waals surface area contributed by atoms with Gasteiger partial charge in [-0.05, 0) is 0 Å². The number of methoxy groups -OCH3 is 1. The van der Waals surface area contributed by atoms with Gasteiger partial charge in [0.25, 0.3) is 0 Å². The van der Waals surface area contributed by atoms with Crippen LogP contribution in [0.5, 0.6) is 0 Å². The van der Waals surface area contributed by atoms with E-state index in [1.165, 1.54) is 21.8 Å². The van der Waals surface area contributed by atoms with Crippen LogP contribution in [0.1, 0.15) is 26.2 Å². The first-order chi connectivity index (χ1) is 8.86. The Morgan fingerprint density at radius 3 is 2.78 bits per heavy atom. The summed E-state index contributed by atoms with van der Waals surface area (Å²) in [5, 5.41) is 0. The van der Waals surface area contributed by atoms with Gasteiger partial charge in [0.05, 0.1) is 0 Å². The Morgan fingerprint density at radius 1 is 1.33 bits per heavy atom. The molecule has 0 aliphatic carbocycles. The molecule has 2 heteroatoms. The van der Waals surface area contributed by atoms with E-state index < -0.39 is 0 Å². The van der Waals surface area contributed by atoms with Gasteiger partial charge < -0.3 is 0 Å². The van der Waals surface area contributed by atoms with Crippen molar-refractivity contribution in [3.63, 3.8) is 0 Å². The van der Waals surface area contributed by atoms with E-state index in [-0.39, 0.29) is 0 Å². The van der Waals surface area contributed by atoms with E-state index in [4.69, 9.17) is 4.74 Å². The molecule has 0 saturated carbocycles. The molecular formula is C16H20OSe. The van der Waals surface area contributed by atoms with Crippen LogP contribution in [0, 0.1) is 11.8 Å². The number of allylic oxidation sites excluding steroid dienone is 2. The molecule has 0 amide bonds.